The summed E-state index contributed by atoms with van der Waals surface area (Å²) in [5, 5.41) is 19.7. The van der Waals surface area contributed by atoms with Gasteiger partial charge in [0.1, 0.15) is 5.78 Å². The predicted molar refractivity (Wildman–Crippen MR) is 110 cm³/mol. The average Bonchev–Trinajstić information content (AvgIpc) is 2.97. The molecule has 4 nitrogen and oxygen atoms in total. The molecule has 0 saturated heterocycles. The molecule has 0 aromatic carbocycles. The Hall–Kier alpha value is -1.42. The zero-order chi connectivity index (χ0) is 20.1. The maximum absolute atomic E-state index is 12.2. The predicted octanol–water partition coefficient (Wildman–Crippen LogP) is 5.45. The van der Waals surface area contributed by atoms with E-state index in [4.69, 9.17) is 5.11 Å². The van der Waals surface area contributed by atoms with Crippen molar-refractivity contribution in [3.63, 3.8) is 0 Å². The summed E-state index contributed by atoms with van der Waals surface area (Å²) in [7, 11) is 0. The third-order valence-electron chi connectivity index (χ3n) is 5.61. The van der Waals surface area contributed by atoms with E-state index < -0.39 is 11.6 Å². The SMILES string of the molecule is CCCCCCCC(O)(C=C[C@@H]1CCC(=O)[C@H]1CC/C=C\C(=O)O)CCC. The molecule has 0 spiro atoms. The monoisotopic (exact) mass is 378 g/mol. The van der Waals surface area contributed by atoms with E-state index in [-0.39, 0.29) is 17.6 Å². The molecule has 0 heterocycles. The molecule has 1 rings (SSSR count). The first kappa shape index (κ1) is 23.6. The smallest absolute Gasteiger partial charge is 0.327 e. The van der Waals surface area contributed by atoms with Crippen LogP contribution in [0.3, 0.4) is 0 Å². The van der Waals surface area contributed by atoms with Gasteiger partial charge in [-0.25, -0.2) is 4.79 Å². The molecule has 1 aliphatic rings. The van der Waals surface area contributed by atoms with Crippen molar-refractivity contribution in [2.24, 2.45) is 11.8 Å². The van der Waals surface area contributed by atoms with Crippen LogP contribution in [0.2, 0.25) is 0 Å². The number of carbonyl (C=O) groups is 2. The summed E-state index contributed by atoms with van der Waals surface area (Å²) < 4.78 is 0. The first-order valence-electron chi connectivity index (χ1n) is 10.8. The first-order valence-corrected chi connectivity index (χ1v) is 10.8. The van der Waals surface area contributed by atoms with Gasteiger partial charge in [-0.05, 0) is 38.0 Å². The molecule has 0 amide bonds. The number of hydrogen-bond acceptors (Lipinski definition) is 3. The van der Waals surface area contributed by atoms with E-state index in [2.05, 4.69) is 19.9 Å². The van der Waals surface area contributed by atoms with Crippen molar-refractivity contribution < 1.29 is 19.8 Å². The Labute approximate surface area is 164 Å². The Balaban J connectivity index is 2.61. The van der Waals surface area contributed by atoms with E-state index in [1.807, 2.05) is 6.08 Å². The number of hydrogen-bond donors (Lipinski definition) is 2. The highest BCUT2D eigenvalue weighted by Crippen LogP contribution is 2.34. The number of rotatable bonds is 14. The fraction of sp³-hybridized carbons (Fsp3) is 0.739. The van der Waals surface area contributed by atoms with Gasteiger partial charge in [0, 0.05) is 18.4 Å². The Morgan fingerprint density at radius 3 is 2.56 bits per heavy atom. The van der Waals surface area contributed by atoms with E-state index in [9.17, 15) is 14.7 Å². The first-order chi connectivity index (χ1) is 12.9. The van der Waals surface area contributed by atoms with Crippen molar-refractivity contribution in [2.75, 3.05) is 0 Å². The average molecular weight is 379 g/mol. The van der Waals surface area contributed by atoms with Crippen LogP contribution in [0.4, 0.5) is 0 Å². The topological polar surface area (TPSA) is 74.6 Å². The van der Waals surface area contributed by atoms with Crippen LogP contribution >= 0.6 is 0 Å². The third kappa shape index (κ3) is 9.37. The molecule has 1 unspecified atom stereocenters. The minimum Gasteiger partial charge on any atom is -0.478 e. The highest BCUT2D eigenvalue weighted by Gasteiger charge is 2.33. The number of carboxylic acids is 1. The number of Topliss-reactive ketones (excluding diaryl/α,β-unsaturated/α-hetero) is 1. The lowest BCUT2D eigenvalue weighted by atomic mass is 9.86. The van der Waals surface area contributed by atoms with Crippen LogP contribution in [0.25, 0.3) is 0 Å². The Morgan fingerprint density at radius 2 is 1.89 bits per heavy atom. The lowest BCUT2D eigenvalue weighted by molar-refractivity contribution is -0.131. The molecule has 1 fully saturated rings. The Bertz CT molecular complexity index is 509. The zero-order valence-electron chi connectivity index (χ0n) is 17.2. The molecule has 0 radical (unpaired) electrons. The summed E-state index contributed by atoms with van der Waals surface area (Å²) >= 11 is 0. The largest absolute Gasteiger partial charge is 0.478 e. The highest BCUT2D eigenvalue weighted by atomic mass is 16.4. The van der Waals surface area contributed by atoms with Gasteiger partial charge in [-0.1, -0.05) is 70.6 Å². The quantitative estimate of drug-likeness (QED) is 0.239. The fourth-order valence-electron chi connectivity index (χ4n) is 4.06. The number of unbranched alkanes of at least 4 members (excludes halogenated alkanes) is 4. The minimum absolute atomic E-state index is 0.0462. The van der Waals surface area contributed by atoms with Crippen LogP contribution in [0.15, 0.2) is 24.3 Å². The third-order valence-corrected chi connectivity index (χ3v) is 5.61. The van der Waals surface area contributed by atoms with Gasteiger partial charge in [0.05, 0.1) is 5.60 Å². The van der Waals surface area contributed by atoms with Gasteiger partial charge in [-0.3, -0.25) is 4.79 Å². The van der Waals surface area contributed by atoms with Crippen LogP contribution in [0, 0.1) is 11.8 Å². The summed E-state index contributed by atoms with van der Waals surface area (Å²) in [6, 6.07) is 0. The second-order valence-corrected chi connectivity index (χ2v) is 7.97. The molecule has 0 aromatic heterocycles. The maximum atomic E-state index is 12.2. The van der Waals surface area contributed by atoms with Crippen molar-refractivity contribution in [2.45, 2.75) is 96.5 Å². The molecule has 27 heavy (non-hydrogen) atoms. The van der Waals surface area contributed by atoms with Gasteiger partial charge >= 0.3 is 5.97 Å². The number of ketones is 1. The standard InChI is InChI=1S/C23H38O4/c1-3-5-6-7-10-17-23(27,16-4-2)18-15-19-13-14-21(24)20(19)11-8-9-12-22(25)26/h9,12,15,18-20,27H,3-8,10-11,13-14,16-17H2,1-2H3,(H,25,26)/b12-9-,18-15?/t19-,20-,23?/m0/s1. The van der Waals surface area contributed by atoms with Gasteiger partial charge in [-0.2, -0.15) is 0 Å². The van der Waals surface area contributed by atoms with E-state index in [1.165, 1.54) is 19.3 Å². The summed E-state index contributed by atoms with van der Waals surface area (Å²) in [5.74, 6) is -0.561. The Morgan fingerprint density at radius 1 is 1.15 bits per heavy atom. The van der Waals surface area contributed by atoms with Crippen molar-refractivity contribution in [1.29, 1.82) is 0 Å². The van der Waals surface area contributed by atoms with Crippen LogP contribution in [-0.2, 0) is 9.59 Å². The molecule has 0 bridgehead atoms. The molecule has 1 saturated carbocycles. The van der Waals surface area contributed by atoms with E-state index in [0.29, 0.717) is 19.3 Å². The fourth-order valence-corrected chi connectivity index (χ4v) is 4.06. The number of carbonyl (C=O) groups excluding carboxylic acids is 1. The normalized spacial score (nSPS) is 22.7. The number of allylic oxidation sites excluding steroid dienone is 2. The van der Waals surface area contributed by atoms with Crippen LogP contribution < -0.4 is 0 Å². The molecule has 2 N–H and O–H groups in total. The summed E-state index contributed by atoms with van der Waals surface area (Å²) in [6.45, 7) is 4.29. The number of carboxylic acid groups (broad SMARTS) is 1. The van der Waals surface area contributed by atoms with Crippen LogP contribution in [-0.4, -0.2) is 27.6 Å². The van der Waals surface area contributed by atoms with Gasteiger partial charge < -0.3 is 10.2 Å². The summed E-state index contributed by atoms with van der Waals surface area (Å²) in [5.41, 5.74) is -0.764. The van der Waals surface area contributed by atoms with Gasteiger partial charge in [-0.15, -0.1) is 0 Å². The molecule has 1 aliphatic carbocycles. The van der Waals surface area contributed by atoms with Gasteiger partial charge in [0.25, 0.3) is 0 Å². The van der Waals surface area contributed by atoms with Crippen molar-refractivity contribution in [3.05, 3.63) is 24.3 Å². The van der Waals surface area contributed by atoms with Gasteiger partial charge in [0.15, 0.2) is 0 Å². The van der Waals surface area contributed by atoms with Gasteiger partial charge in [0.2, 0.25) is 0 Å². The highest BCUT2D eigenvalue weighted by molar-refractivity contribution is 5.83. The van der Waals surface area contributed by atoms with E-state index >= 15 is 0 Å². The zero-order valence-corrected chi connectivity index (χ0v) is 17.2. The minimum atomic E-state index is -0.951. The lowest BCUT2D eigenvalue weighted by Crippen LogP contribution is -2.26. The van der Waals surface area contributed by atoms with Crippen LogP contribution in [0.1, 0.15) is 90.9 Å². The van der Waals surface area contributed by atoms with Crippen molar-refractivity contribution in [1.82, 2.24) is 0 Å². The van der Waals surface area contributed by atoms with Crippen molar-refractivity contribution >= 4 is 11.8 Å². The second kappa shape index (κ2) is 12.9. The molecule has 0 aromatic rings. The number of aliphatic hydroxyl groups is 1. The molecular weight excluding hydrogens is 340 g/mol. The van der Waals surface area contributed by atoms with E-state index in [0.717, 1.165) is 44.6 Å². The molecular formula is C23H38O4. The number of aliphatic carboxylic acids is 1. The summed E-state index contributed by atoms with van der Waals surface area (Å²) in [6.07, 6.45) is 17.9. The second-order valence-electron chi connectivity index (χ2n) is 7.97. The van der Waals surface area contributed by atoms with Crippen molar-refractivity contribution in [3.8, 4) is 0 Å². The van der Waals surface area contributed by atoms with E-state index in [1.54, 1.807) is 6.08 Å². The molecule has 4 heteroatoms. The lowest BCUT2D eigenvalue weighted by Gasteiger charge is -2.25. The molecule has 154 valence electrons. The van der Waals surface area contributed by atoms with Crippen LogP contribution in [0.5, 0.6) is 0 Å². The Kier molecular flexibility index (Phi) is 11.3. The molecule has 3 atom stereocenters. The molecule has 0 aliphatic heterocycles. The maximum Gasteiger partial charge on any atom is 0.327 e. The summed E-state index contributed by atoms with van der Waals surface area (Å²) in [4.78, 5) is 22.7.